The fraction of sp³-hybridized carbons (Fsp3) is 0.683. The predicted octanol–water partition coefficient (Wildman–Crippen LogP) is 19.6. The van der Waals surface area contributed by atoms with Gasteiger partial charge in [-0.2, -0.15) is 0 Å². The molecule has 0 fully saturated rings. The maximum absolute atomic E-state index is 12.8. The molecule has 0 radical (unpaired) electrons. The van der Waals surface area contributed by atoms with Crippen LogP contribution in [-0.2, 0) is 23.8 Å². The van der Waals surface area contributed by atoms with E-state index in [0.29, 0.717) is 19.4 Å². The van der Waals surface area contributed by atoms with E-state index in [0.717, 1.165) is 116 Å². The smallest absolute Gasteiger partial charge is 0.306 e. The lowest BCUT2D eigenvalue weighted by atomic mass is 10.1. The van der Waals surface area contributed by atoms with Gasteiger partial charge in [-0.05, 0) is 122 Å². The third kappa shape index (κ3) is 55.2. The number of ether oxygens (including phenoxy) is 3. The maximum Gasteiger partial charge on any atom is 0.306 e. The van der Waals surface area contributed by atoms with Crippen LogP contribution in [0.1, 0.15) is 252 Å². The summed E-state index contributed by atoms with van der Waals surface area (Å²) in [4.78, 5) is 25.5. The van der Waals surface area contributed by atoms with E-state index >= 15 is 0 Å². The lowest BCUT2D eigenvalue weighted by molar-refractivity contribution is -0.163. The summed E-state index contributed by atoms with van der Waals surface area (Å²) < 4.78 is 17.5. The predicted molar refractivity (Wildman–Crippen MR) is 297 cm³/mol. The van der Waals surface area contributed by atoms with Crippen LogP contribution in [0.4, 0.5) is 0 Å². The summed E-state index contributed by atoms with van der Waals surface area (Å²) >= 11 is 0. The van der Waals surface area contributed by atoms with Crippen molar-refractivity contribution in [1.29, 1.82) is 0 Å². The van der Waals surface area contributed by atoms with Gasteiger partial charge in [0, 0.05) is 19.4 Å². The van der Waals surface area contributed by atoms with Gasteiger partial charge >= 0.3 is 11.9 Å². The SMILES string of the molecule is CC/C=C\C/C=C\C/C=C\C/C=C\CCCCCCCCC(=O)OCC(COCCCCCCCCCC/C=C\C/C=C\CCCCC)OC(=O)CCCCCCC/C=C\C/C=C\C/C=C\CC. The van der Waals surface area contributed by atoms with Gasteiger partial charge in [0.15, 0.2) is 6.10 Å². The van der Waals surface area contributed by atoms with Gasteiger partial charge in [0.1, 0.15) is 6.61 Å². The quantitative estimate of drug-likeness (QED) is 0.0345. The largest absolute Gasteiger partial charge is 0.462 e. The summed E-state index contributed by atoms with van der Waals surface area (Å²) in [7, 11) is 0. The van der Waals surface area contributed by atoms with Gasteiger partial charge < -0.3 is 14.2 Å². The van der Waals surface area contributed by atoms with Crippen LogP contribution in [0.3, 0.4) is 0 Å². The molecule has 0 aliphatic rings. The number of hydrogen-bond acceptors (Lipinski definition) is 5. The minimum absolute atomic E-state index is 0.0626. The Kier molecular flexibility index (Phi) is 54.9. The molecule has 0 saturated heterocycles. The number of allylic oxidation sites excluding steroid dienone is 18. The first kappa shape index (κ1) is 64.6. The van der Waals surface area contributed by atoms with Crippen molar-refractivity contribution in [3.63, 3.8) is 0 Å². The van der Waals surface area contributed by atoms with Crippen molar-refractivity contribution in [2.75, 3.05) is 19.8 Å². The zero-order chi connectivity index (χ0) is 49.2. The molecule has 0 aliphatic carbocycles. The van der Waals surface area contributed by atoms with Crippen LogP contribution in [-0.4, -0.2) is 37.9 Å². The average Bonchev–Trinajstić information content (AvgIpc) is 3.34. The minimum Gasteiger partial charge on any atom is -0.462 e. The minimum atomic E-state index is -0.562. The van der Waals surface area contributed by atoms with E-state index < -0.39 is 6.10 Å². The second-order valence-corrected chi connectivity index (χ2v) is 18.4. The first-order chi connectivity index (χ1) is 33.6. The van der Waals surface area contributed by atoms with Gasteiger partial charge in [-0.3, -0.25) is 9.59 Å². The van der Waals surface area contributed by atoms with Gasteiger partial charge in [0.2, 0.25) is 0 Å². The number of unbranched alkanes of at least 4 members (excludes halogenated alkanes) is 22. The lowest BCUT2D eigenvalue weighted by Crippen LogP contribution is -2.30. The van der Waals surface area contributed by atoms with E-state index in [1.54, 1.807) is 0 Å². The maximum atomic E-state index is 12.8. The molecule has 0 aliphatic heterocycles. The molecule has 5 nitrogen and oxygen atoms in total. The van der Waals surface area contributed by atoms with Crippen molar-refractivity contribution in [3.8, 4) is 0 Å². The van der Waals surface area contributed by atoms with Gasteiger partial charge in [-0.1, -0.05) is 226 Å². The van der Waals surface area contributed by atoms with Crippen LogP contribution in [0.5, 0.6) is 0 Å². The Morgan fingerprint density at radius 3 is 1.06 bits per heavy atom. The number of carbonyl (C=O) groups excluding carboxylic acids is 2. The molecular formula is C63H106O5. The van der Waals surface area contributed by atoms with Crippen LogP contribution in [0.2, 0.25) is 0 Å². The molecule has 0 spiro atoms. The Bertz CT molecular complexity index is 1340. The molecular weight excluding hydrogens is 837 g/mol. The summed E-state index contributed by atoms with van der Waals surface area (Å²) in [6.07, 6.45) is 79.6. The molecule has 0 aromatic rings. The molecule has 388 valence electrons. The topological polar surface area (TPSA) is 61.8 Å². The summed E-state index contributed by atoms with van der Waals surface area (Å²) in [6.45, 7) is 7.54. The van der Waals surface area contributed by atoms with Gasteiger partial charge in [-0.25, -0.2) is 0 Å². The van der Waals surface area contributed by atoms with E-state index in [1.807, 2.05) is 0 Å². The number of hydrogen-bond donors (Lipinski definition) is 0. The van der Waals surface area contributed by atoms with Gasteiger partial charge in [0.25, 0.3) is 0 Å². The van der Waals surface area contributed by atoms with Gasteiger partial charge in [-0.15, -0.1) is 0 Å². The Morgan fingerprint density at radius 1 is 0.338 bits per heavy atom. The summed E-state index contributed by atoms with van der Waals surface area (Å²) in [6, 6.07) is 0. The molecule has 0 amide bonds. The monoisotopic (exact) mass is 943 g/mol. The molecule has 68 heavy (non-hydrogen) atoms. The van der Waals surface area contributed by atoms with E-state index in [9.17, 15) is 9.59 Å². The summed E-state index contributed by atoms with van der Waals surface area (Å²) in [5, 5.41) is 0. The molecule has 5 heteroatoms. The number of carbonyl (C=O) groups is 2. The van der Waals surface area contributed by atoms with E-state index in [4.69, 9.17) is 14.2 Å². The fourth-order valence-corrected chi connectivity index (χ4v) is 7.60. The van der Waals surface area contributed by atoms with Crippen LogP contribution >= 0.6 is 0 Å². The lowest BCUT2D eigenvalue weighted by Gasteiger charge is -2.18. The Hall–Kier alpha value is -3.44. The normalized spacial score (nSPS) is 13.0. The van der Waals surface area contributed by atoms with Crippen molar-refractivity contribution in [1.82, 2.24) is 0 Å². The molecule has 1 unspecified atom stereocenters. The van der Waals surface area contributed by atoms with Crippen molar-refractivity contribution in [2.24, 2.45) is 0 Å². The standard InChI is InChI=1S/C63H106O5/c1-4-7-10-13-16-19-22-25-28-30-32-33-36-38-41-44-47-50-53-56-62(64)67-60-61(68-63(65)57-54-51-48-45-42-39-35-27-24-21-18-15-12-9-6-3)59-66-58-55-52-49-46-43-40-37-34-31-29-26-23-20-17-14-11-8-5-2/h7,9-10,12,16-21,25-29,32-33,35,61H,4-6,8,11,13-15,22-24,30-31,34,36-60H2,1-3H3/b10-7-,12-9-,19-16-,20-17-,21-18-,28-25-,29-26-,33-32-,35-27-. The molecule has 1 atom stereocenters. The zero-order valence-corrected chi connectivity index (χ0v) is 44.6. The average molecular weight is 944 g/mol. The third-order valence-corrected chi connectivity index (χ3v) is 11.8. The summed E-state index contributed by atoms with van der Waals surface area (Å²) in [5.41, 5.74) is 0. The van der Waals surface area contributed by atoms with Crippen molar-refractivity contribution in [2.45, 2.75) is 258 Å². The van der Waals surface area contributed by atoms with E-state index in [1.165, 1.54) is 103 Å². The van der Waals surface area contributed by atoms with Crippen molar-refractivity contribution < 1.29 is 23.8 Å². The van der Waals surface area contributed by atoms with Gasteiger partial charge in [0.05, 0.1) is 6.61 Å². The van der Waals surface area contributed by atoms with Crippen LogP contribution < -0.4 is 0 Å². The Morgan fingerprint density at radius 2 is 0.662 bits per heavy atom. The highest BCUT2D eigenvalue weighted by atomic mass is 16.6. The van der Waals surface area contributed by atoms with Crippen LogP contribution in [0, 0.1) is 0 Å². The first-order valence-electron chi connectivity index (χ1n) is 28.4. The summed E-state index contributed by atoms with van der Waals surface area (Å²) in [5.74, 6) is -0.437. The second-order valence-electron chi connectivity index (χ2n) is 18.4. The number of esters is 2. The van der Waals surface area contributed by atoms with E-state index in [-0.39, 0.29) is 25.2 Å². The van der Waals surface area contributed by atoms with Crippen molar-refractivity contribution in [3.05, 3.63) is 109 Å². The first-order valence-corrected chi connectivity index (χ1v) is 28.4. The van der Waals surface area contributed by atoms with E-state index in [2.05, 4.69) is 130 Å². The third-order valence-electron chi connectivity index (χ3n) is 11.8. The molecule has 0 heterocycles. The van der Waals surface area contributed by atoms with Crippen molar-refractivity contribution >= 4 is 11.9 Å². The highest BCUT2D eigenvalue weighted by molar-refractivity contribution is 5.70. The number of rotatable bonds is 51. The Balaban J connectivity index is 4.35. The zero-order valence-electron chi connectivity index (χ0n) is 44.6. The molecule has 0 bridgehead atoms. The molecule has 0 saturated carbocycles. The van der Waals surface area contributed by atoms with Crippen LogP contribution in [0.15, 0.2) is 109 Å². The second kappa shape index (κ2) is 57.9. The Labute approximate surface area is 421 Å². The molecule has 0 rings (SSSR count). The highest BCUT2D eigenvalue weighted by Crippen LogP contribution is 2.14. The fourth-order valence-electron chi connectivity index (χ4n) is 7.60. The molecule has 0 aromatic heterocycles. The highest BCUT2D eigenvalue weighted by Gasteiger charge is 2.17. The molecule has 0 N–H and O–H groups in total. The molecule has 0 aromatic carbocycles. The van der Waals surface area contributed by atoms with Crippen LogP contribution in [0.25, 0.3) is 0 Å².